The van der Waals surface area contributed by atoms with Crippen molar-refractivity contribution in [2.45, 2.75) is 13.3 Å². The summed E-state index contributed by atoms with van der Waals surface area (Å²) >= 11 is 5.96. The first-order valence-electron chi connectivity index (χ1n) is 6.01. The van der Waals surface area contributed by atoms with Crippen molar-refractivity contribution < 1.29 is 9.32 Å². The Labute approximate surface area is 120 Å². The fourth-order valence-electron chi connectivity index (χ4n) is 1.57. The molecule has 0 saturated carbocycles. The molecule has 0 aliphatic rings. The molecule has 0 atom stereocenters. The number of anilines is 1. The van der Waals surface area contributed by atoms with Crippen LogP contribution in [-0.4, -0.2) is 34.6 Å². The largest absolute Gasteiger partial charge is 0.373 e. The molecular weight excluding hydrogens is 282 g/mol. The second-order valence-electron chi connectivity index (χ2n) is 4.04. The minimum atomic E-state index is -0.273. The first kappa shape index (κ1) is 14.3. The number of nitrogens with zero attached hydrogens (tertiary/aromatic N) is 3. The van der Waals surface area contributed by atoms with Gasteiger partial charge in [-0.05, 0) is 13.0 Å². The third kappa shape index (κ3) is 3.45. The van der Waals surface area contributed by atoms with Crippen LogP contribution in [0, 0.1) is 6.92 Å². The lowest BCUT2D eigenvalue weighted by Gasteiger charge is -2.07. The normalized spacial score (nSPS) is 10.3. The Morgan fingerprint density at radius 1 is 1.50 bits per heavy atom. The Morgan fingerprint density at radius 2 is 2.30 bits per heavy atom. The molecule has 0 saturated heterocycles. The van der Waals surface area contributed by atoms with Gasteiger partial charge in [0.15, 0.2) is 5.82 Å². The Hall–Kier alpha value is -2.15. The van der Waals surface area contributed by atoms with Crippen LogP contribution in [0.3, 0.4) is 0 Å². The molecule has 2 aromatic heterocycles. The molecule has 0 fully saturated rings. The fraction of sp³-hybridized carbons (Fsp3) is 0.333. The van der Waals surface area contributed by atoms with Crippen molar-refractivity contribution in [1.82, 2.24) is 20.4 Å². The molecular formula is C12H14ClN5O2. The van der Waals surface area contributed by atoms with Crippen LogP contribution in [-0.2, 0) is 6.42 Å². The van der Waals surface area contributed by atoms with E-state index in [1.165, 1.54) is 6.20 Å². The van der Waals surface area contributed by atoms with Crippen LogP contribution in [0.25, 0.3) is 0 Å². The Balaban J connectivity index is 1.94. The molecule has 8 heteroatoms. The number of nitrogens with one attached hydrogen (secondary N) is 2. The second kappa shape index (κ2) is 6.33. The molecule has 7 nitrogen and oxygen atoms in total. The average Bonchev–Trinajstić information content (AvgIpc) is 2.85. The Kier molecular flexibility index (Phi) is 4.52. The van der Waals surface area contributed by atoms with Crippen LogP contribution in [0.2, 0.25) is 5.02 Å². The smallest absolute Gasteiger partial charge is 0.253 e. The van der Waals surface area contributed by atoms with Crippen molar-refractivity contribution in [1.29, 1.82) is 0 Å². The number of aryl methyl sites for hydroxylation is 1. The van der Waals surface area contributed by atoms with Crippen molar-refractivity contribution in [3.63, 3.8) is 0 Å². The number of rotatable bonds is 5. The highest BCUT2D eigenvalue weighted by molar-refractivity contribution is 6.33. The zero-order chi connectivity index (χ0) is 14.5. The van der Waals surface area contributed by atoms with Gasteiger partial charge in [-0.2, -0.15) is 4.98 Å². The van der Waals surface area contributed by atoms with Gasteiger partial charge in [0.05, 0.1) is 10.6 Å². The molecule has 0 aliphatic heterocycles. The van der Waals surface area contributed by atoms with Crippen LogP contribution in [0.15, 0.2) is 16.8 Å². The van der Waals surface area contributed by atoms with Gasteiger partial charge >= 0.3 is 0 Å². The molecule has 106 valence electrons. The number of halogens is 1. The molecule has 0 bridgehead atoms. The summed E-state index contributed by atoms with van der Waals surface area (Å²) in [7, 11) is 1.72. The van der Waals surface area contributed by atoms with Crippen molar-refractivity contribution in [2.24, 2.45) is 0 Å². The van der Waals surface area contributed by atoms with Gasteiger partial charge in [-0.3, -0.25) is 4.79 Å². The number of aromatic nitrogens is 3. The van der Waals surface area contributed by atoms with Crippen molar-refractivity contribution >= 4 is 23.3 Å². The summed E-state index contributed by atoms with van der Waals surface area (Å²) in [5.41, 5.74) is 0.368. The van der Waals surface area contributed by atoms with Gasteiger partial charge in [0, 0.05) is 26.2 Å². The van der Waals surface area contributed by atoms with Crippen molar-refractivity contribution in [3.05, 3.63) is 34.6 Å². The lowest BCUT2D eigenvalue weighted by atomic mass is 10.2. The third-order valence-electron chi connectivity index (χ3n) is 2.55. The molecule has 0 spiro atoms. The highest BCUT2D eigenvalue weighted by Crippen LogP contribution is 2.17. The molecule has 0 radical (unpaired) electrons. The maximum atomic E-state index is 12.0. The van der Waals surface area contributed by atoms with Crippen LogP contribution in [0.1, 0.15) is 22.1 Å². The number of amides is 1. The minimum absolute atomic E-state index is 0.273. The molecule has 2 heterocycles. The van der Waals surface area contributed by atoms with Gasteiger partial charge in [0.1, 0.15) is 5.82 Å². The van der Waals surface area contributed by atoms with Gasteiger partial charge in [0.2, 0.25) is 5.89 Å². The molecule has 0 aliphatic carbocycles. The number of pyridine rings is 1. The lowest BCUT2D eigenvalue weighted by Crippen LogP contribution is -2.26. The Morgan fingerprint density at radius 3 is 2.95 bits per heavy atom. The lowest BCUT2D eigenvalue weighted by molar-refractivity contribution is 0.0953. The van der Waals surface area contributed by atoms with E-state index in [1.54, 1.807) is 20.0 Å². The zero-order valence-electron chi connectivity index (χ0n) is 11.1. The van der Waals surface area contributed by atoms with E-state index in [4.69, 9.17) is 16.1 Å². The van der Waals surface area contributed by atoms with E-state index in [0.717, 1.165) is 0 Å². The van der Waals surface area contributed by atoms with E-state index in [0.29, 0.717) is 41.1 Å². The van der Waals surface area contributed by atoms with Gasteiger partial charge in [-0.25, -0.2) is 4.98 Å². The van der Waals surface area contributed by atoms with Crippen LogP contribution >= 0.6 is 11.6 Å². The highest BCUT2D eigenvalue weighted by Gasteiger charge is 2.12. The fourth-order valence-corrected chi connectivity index (χ4v) is 1.76. The summed E-state index contributed by atoms with van der Waals surface area (Å²) in [6.45, 7) is 2.12. The monoisotopic (exact) mass is 295 g/mol. The Bertz CT molecular complexity index is 614. The van der Waals surface area contributed by atoms with Gasteiger partial charge in [-0.15, -0.1) is 0 Å². The topological polar surface area (TPSA) is 92.9 Å². The first-order chi connectivity index (χ1) is 9.60. The molecule has 20 heavy (non-hydrogen) atoms. The standard InChI is InChI=1S/C12H14ClN5O2/c1-7-17-11(20-18-7)3-4-15-12(19)8-5-10(14-2)16-6-9(8)13/h5-6H,3-4H2,1-2H3,(H,14,16)(H,15,19). The maximum Gasteiger partial charge on any atom is 0.253 e. The number of carbonyl (C=O) groups excluding carboxylic acids is 1. The summed E-state index contributed by atoms with van der Waals surface area (Å²) < 4.78 is 4.95. The summed E-state index contributed by atoms with van der Waals surface area (Å²) in [5.74, 6) is 1.36. The number of hydrogen-bond donors (Lipinski definition) is 2. The van der Waals surface area contributed by atoms with E-state index in [9.17, 15) is 4.79 Å². The van der Waals surface area contributed by atoms with Gasteiger partial charge in [-0.1, -0.05) is 16.8 Å². The van der Waals surface area contributed by atoms with Crippen LogP contribution < -0.4 is 10.6 Å². The number of carbonyl (C=O) groups is 1. The average molecular weight is 296 g/mol. The summed E-state index contributed by atoms with van der Waals surface area (Å²) in [4.78, 5) is 20.1. The maximum absolute atomic E-state index is 12.0. The predicted molar refractivity (Wildman–Crippen MR) is 73.9 cm³/mol. The predicted octanol–water partition coefficient (Wildman–Crippen LogP) is 1.44. The SMILES string of the molecule is CNc1cc(C(=O)NCCc2nc(C)no2)c(Cl)cn1. The van der Waals surface area contributed by atoms with Gasteiger partial charge < -0.3 is 15.2 Å². The van der Waals surface area contributed by atoms with E-state index >= 15 is 0 Å². The van der Waals surface area contributed by atoms with E-state index in [1.807, 2.05) is 0 Å². The zero-order valence-corrected chi connectivity index (χ0v) is 11.9. The highest BCUT2D eigenvalue weighted by atomic mass is 35.5. The summed E-state index contributed by atoms with van der Waals surface area (Å²) in [6, 6.07) is 1.59. The summed E-state index contributed by atoms with van der Waals surface area (Å²) in [6.07, 6.45) is 1.90. The second-order valence-corrected chi connectivity index (χ2v) is 4.45. The molecule has 2 rings (SSSR count). The molecule has 1 amide bonds. The molecule has 2 N–H and O–H groups in total. The van der Waals surface area contributed by atoms with E-state index in [-0.39, 0.29) is 5.91 Å². The molecule has 0 aromatic carbocycles. The first-order valence-corrected chi connectivity index (χ1v) is 6.38. The summed E-state index contributed by atoms with van der Waals surface area (Å²) in [5, 5.41) is 9.57. The van der Waals surface area contributed by atoms with Crippen molar-refractivity contribution in [2.75, 3.05) is 18.9 Å². The van der Waals surface area contributed by atoms with Crippen LogP contribution in [0.4, 0.5) is 5.82 Å². The third-order valence-corrected chi connectivity index (χ3v) is 2.85. The minimum Gasteiger partial charge on any atom is -0.373 e. The van der Waals surface area contributed by atoms with E-state index < -0.39 is 0 Å². The van der Waals surface area contributed by atoms with E-state index in [2.05, 4.69) is 25.8 Å². The molecule has 2 aromatic rings. The van der Waals surface area contributed by atoms with Gasteiger partial charge in [0.25, 0.3) is 5.91 Å². The number of hydrogen-bond acceptors (Lipinski definition) is 6. The molecule has 0 unspecified atom stereocenters. The van der Waals surface area contributed by atoms with Crippen molar-refractivity contribution in [3.8, 4) is 0 Å². The quantitative estimate of drug-likeness (QED) is 0.867. The van der Waals surface area contributed by atoms with Crippen LogP contribution in [0.5, 0.6) is 0 Å².